The molecule has 0 saturated carbocycles. The molecule has 2 atom stereocenters. The molecule has 3 rings (SSSR count). The van der Waals surface area contributed by atoms with Crippen LogP contribution in [-0.4, -0.2) is 29.9 Å². The molecule has 0 aliphatic carbocycles. The number of nitrogens with two attached hydrogens (primary N) is 1. The van der Waals surface area contributed by atoms with E-state index in [4.69, 9.17) is 5.73 Å². The molecule has 27 heavy (non-hydrogen) atoms. The zero-order chi connectivity index (χ0) is 19.6. The van der Waals surface area contributed by atoms with Gasteiger partial charge in [-0.15, -0.1) is 11.8 Å². The van der Waals surface area contributed by atoms with Crippen molar-refractivity contribution in [1.82, 2.24) is 4.90 Å². The molecular formula is C21H24F2N2OS. The fraction of sp³-hybridized carbons (Fsp3) is 0.381. The molecule has 1 aliphatic heterocycles. The van der Waals surface area contributed by atoms with E-state index in [0.717, 1.165) is 29.8 Å². The van der Waals surface area contributed by atoms with Gasteiger partial charge in [0.2, 0.25) is 5.91 Å². The number of nitrogens with zero attached hydrogens (tertiary/aromatic N) is 1. The zero-order valence-corrected chi connectivity index (χ0v) is 16.3. The van der Waals surface area contributed by atoms with Crippen LogP contribution in [0.4, 0.5) is 8.78 Å². The predicted octanol–water partition coefficient (Wildman–Crippen LogP) is 4.38. The Morgan fingerprint density at radius 3 is 2.56 bits per heavy atom. The summed E-state index contributed by atoms with van der Waals surface area (Å²) in [6.45, 7) is 5.25. The number of carbonyl (C=O) groups excluding carboxylic acids is 1. The summed E-state index contributed by atoms with van der Waals surface area (Å²) in [6.07, 6.45) is 0.732. The topological polar surface area (TPSA) is 46.3 Å². The maximum absolute atomic E-state index is 14.2. The average Bonchev–Trinajstić information content (AvgIpc) is 2.63. The fourth-order valence-electron chi connectivity index (χ4n) is 3.31. The molecule has 2 aromatic carbocycles. The summed E-state index contributed by atoms with van der Waals surface area (Å²) in [5, 5.41) is -0.601. The highest BCUT2D eigenvalue weighted by atomic mass is 32.2. The molecule has 1 saturated heterocycles. The first kappa shape index (κ1) is 19.8. The van der Waals surface area contributed by atoms with E-state index >= 15 is 0 Å². The summed E-state index contributed by atoms with van der Waals surface area (Å²) >= 11 is 1.12. The third kappa shape index (κ3) is 4.50. The largest absolute Gasteiger partial charge is 0.341 e. The number of rotatable bonds is 4. The van der Waals surface area contributed by atoms with Gasteiger partial charge in [-0.1, -0.05) is 44.2 Å². The number of carbonyl (C=O) groups is 1. The molecule has 0 radical (unpaired) electrons. The second kappa shape index (κ2) is 7.98. The van der Waals surface area contributed by atoms with Gasteiger partial charge in [-0.25, -0.2) is 8.78 Å². The van der Waals surface area contributed by atoms with Crippen LogP contribution in [0.25, 0.3) is 0 Å². The lowest BCUT2D eigenvalue weighted by Gasteiger charge is -2.43. The number of likely N-dealkylation sites (tertiary alicyclic amines) is 1. The van der Waals surface area contributed by atoms with Crippen LogP contribution in [0.2, 0.25) is 0 Å². The molecule has 1 aliphatic rings. The van der Waals surface area contributed by atoms with Gasteiger partial charge < -0.3 is 10.6 Å². The van der Waals surface area contributed by atoms with Crippen LogP contribution in [0.1, 0.15) is 31.1 Å². The third-order valence-corrected chi connectivity index (χ3v) is 6.38. The number of thioether (sulfide) groups is 1. The van der Waals surface area contributed by atoms with Gasteiger partial charge in [0.1, 0.15) is 16.9 Å². The van der Waals surface area contributed by atoms with Crippen molar-refractivity contribution in [2.75, 3.05) is 13.1 Å². The van der Waals surface area contributed by atoms with E-state index in [9.17, 15) is 13.6 Å². The van der Waals surface area contributed by atoms with E-state index in [0.29, 0.717) is 13.1 Å². The van der Waals surface area contributed by atoms with Crippen molar-refractivity contribution in [1.29, 1.82) is 0 Å². The first-order chi connectivity index (χ1) is 12.8. The highest BCUT2D eigenvalue weighted by Crippen LogP contribution is 2.39. The molecule has 2 unspecified atom stereocenters. The number of hydrogen-bond donors (Lipinski definition) is 1. The average molecular weight is 390 g/mol. The van der Waals surface area contributed by atoms with Gasteiger partial charge in [0.25, 0.3) is 0 Å². The third-order valence-electron chi connectivity index (χ3n) is 5.09. The van der Waals surface area contributed by atoms with Crippen LogP contribution in [0.15, 0.2) is 53.4 Å². The van der Waals surface area contributed by atoms with Gasteiger partial charge in [0.05, 0.1) is 0 Å². The van der Waals surface area contributed by atoms with Crippen LogP contribution in [0, 0.1) is 17.0 Å². The van der Waals surface area contributed by atoms with Crippen LogP contribution in [0.5, 0.6) is 0 Å². The van der Waals surface area contributed by atoms with Crippen molar-refractivity contribution in [2.45, 2.75) is 36.5 Å². The Bertz CT molecular complexity index is 813. The molecule has 0 aromatic heterocycles. The SMILES string of the molecule is CC1(C)CN(C(=O)C(Sc2ccc(F)cc2F)c2ccccc2)CCC1N. The molecule has 2 N–H and O–H groups in total. The lowest BCUT2D eigenvalue weighted by molar-refractivity contribution is -0.134. The summed E-state index contributed by atoms with van der Waals surface area (Å²) < 4.78 is 27.4. The molecule has 0 spiro atoms. The second-order valence-corrected chi connectivity index (χ2v) is 8.77. The second-order valence-electron chi connectivity index (χ2n) is 7.63. The summed E-state index contributed by atoms with van der Waals surface area (Å²) in [6, 6.07) is 12.8. The summed E-state index contributed by atoms with van der Waals surface area (Å²) in [5.74, 6) is -1.36. The minimum atomic E-state index is -0.658. The molecule has 0 bridgehead atoms. The standard InChI is InChI=1S/C21H24F2N2OS/c1-21(2)13-25(11-10-18(21)24)20(26)19(14-6-4-3-5-7-14)27-17-9-8-15(22)12-16(17)23/h3-9,12,18-19H,10-11,13,24H2,1-2H3. The molecule has 2 aromatic rings. The Morgan fingerprint density at radius 1 is 1.22 bits per heavy atom. The van der Waals surface area contributed by atoms with E-state index < -0.39 is 16.9 Å². The number of piperidine rings is 1. The maximum atomic E-state index is 14.2. The van der Waals surface area contributed by atoms with Crippen LogP contribution < -0.4 is 5.73 Å². The van der Waals surface area contributed by atoms with Gasteiger partial charge in [-0.2, -0.15) is 0 Å². The number of hydrogen-bond acceptors (Lipinski definition) is 3. The lowest BCUT2D eigenvalue weighted by atomic mass is 9.79. The molecule has 144 valence electrons. The highest BCUT2D eigenvalue weighted by molar-refractivity contribution is 8.00. The smallest absolute Gasteiger partial charge is 0.240 e. The summed E-state index contributed by atoms with van der Waals surface area (Å²) in [7, 11) is 0. The van der Waals surface area contributed by atoms with E-state index in [2.05, 4.69) is 13.8 Å². The normalized spacial score (nSPS) is 20.3. The Balaban J connectivity index is 1.89. The predicted molar refractivity (Wildman–Crippen MR) is 104 cm³/mol. The van der Waals surface area contributed by atoms with Crippen LogP contribution >= 0.6 is 11.8 Å². The molecule has 3 nitrogen and oxygen atoms in total. The molecule has 1 amide bonds. The summed E-state index contributed by atoms with van der Waals surface area (Å²) in [4.78, 5) is 15.4. The number of halogens is 2. The van der Waals surface area contributed by atoms with Crippen molar-refractivity contribution in [3.63, 3.8) is 0 Å². The molecule has 6 heteroatoms. The van der Waals surface area contributed by atoms with Gasteiger partial charge in [0.15, 0.2) is 0 Å². The van der Waals surface area contributed by atoms with Crippen LogP contribution in [-0.2, 0) is 4.79 Å². The Labute approximate surface area is 162 Å². The zero-order valence-electron chi connectivity index (χ0n) is 15.5. The Morgan fingerprint density at radius 2 is 1.93 bits per heavy atom. The molecular weight excluding hydrogens is 366 g/mol. The van der Waals surface area contributed by atoms with E-state index in [1.807, 2.05) is 35.2 Å². The monoisotopic (exact) mass is 390 g/mol. The van der Waals surface area contributed by atoms with Crippen molar-refractivity contribution in [2.24, 2.45) is 11.1 Å². The summed E-state index contributed by atoms with van der Waals surface area (Å²) in [5.41, 5.74) is 6.81. The Kier molecular flexibility index (Phi) is 5.86. The van der Waals surface area contributed by atoms with Gasteiger partial charge in [0, 0.05) is 30.1 Å². The van der Waals surface area contributed by atoms with Crippen LogP contribution in [0.3, 0.4) is 0 Å². The Hall–Kier alpha value is -1.92. The van der Waals surface area contributed by atoms with E-state index in [1.54, 1.807) is 0 Å². The van der Waals surface area contributed by atoms with Gasteiger partial charge >= 0.3 is 0 Å². The first-order valence-electron chi connectivity index (χ1n) is 8.99. The van der Waals surface area contributed by atoms with E-state index in [1.165, 1.54) is 12.1 Å². The maximum Gasteiger partial charge on any atom is 0.240 e. The number of benzene rings is 2. The lowest BCUT2D eigenvalue weighted by Crippen LogP contribution is -2.54. The quantitative estimate of drug-likeness (QED) is 0.788. The number of amides is 1. The minimum absolute atomic E-state index is 0.0407. The molecule has 1 heterocycles. The highest BCUT2D eigenvalue weighted by Gasteiger charge is 2.38. The fourth-order valence-corrected chi connectivity index (χ4v) is 4.43. The van der Waals surface area contributed by atoms with Crippen molar-refractivity contribution in [3.8, 4) is 0 Å². The van der Waals surface area contributed by atoms with E-state index in [-0.39, 0.29) is 22.3 Å². The first-order valence-corrected chi connectivity index (χ1v) is 9.87. The minimum Gasteiger partial charge on any atom is -0.341 e. The van der Waals surface area contributed by atoms with Crippen molar-refractivity contribution in [3.05, 3.63) is 65.7 Å². The van der Waals surface area contributed by atoms with Crippen molar-refractivity contribution >= 4 is 17.7 Å². The van der Waals surface area contributed by atoms with Gasteiger partial charge in [-0.3, -0.25) is 4.79 Å². The molecule has 1 fully saturated rings. The van der Waals surface area contributed by atoms with Gasteiger partial charge in [-0.05, 0) is 29.5 Å². The van der Waals surface area contributed by atoms with Crippen molar-refractivity contribution < 1.29 is 13.6 Å².